The molecule has 0 fully saturated rings. The van der Waals surface area contributed by atoms with Crippen molar-refractivity contribution in [3.8, 4) is 11.5 Å². The van der Waals surface area contributed by atoms with Crippen LogP contribution in [0.1, 0.15) is 62.1 Å². The number of carbonyl (C=O) groups excluding carboxylic acids is 1. The number of hydrogen-bond donors (Lipinski definition) is 1. The molecule has 0 aliphatic carbocycles. The first-order valence-corrected chi connectivity index (χ1v) is 12.7. The summed E-state index contributed by atoms with van der Waals surface area (Å²) in [6, 6.07) is 17.6. The van der Waals surface area contributed by atoms with Crippen LogP contribution in [-0.4, -0.2) is 30.6 Å². The van der Waals surface area contributed by atoms with Gasteiger partial charge in [0, 0.05) is 0 Å². The Morgan fingerprint density at radius 3 is 2.32 bits per heavy atom. The second-order valence-corrected chi connectivity index (χ2v) is 9.27. The second kappa shape index (κ2) is 13.2. The number of hydrogen-bond acceptors (Lipinski definition) is 6. The van der Waals surface area contributed by atoms with E-state index in [2.05, 4.69) is 26.0 Å². The highest BCUT2D eigenvalue weighted by Crippen LogP contribution is 2.33. The van der Waals surface area contributed by atoms with Gasteiger partial charge in [0.1, 0.15) is 18.1 Å². The number of aromatic hydroxyl groups is 1. The molecule has 0 radical (unpaired) electrons. The van der Waals surface area contributed by atoms with Crippen LogP contribution in [0.3, 0.4) is 0 Å². The number of benzene rings is 2. The number of thiophene rings is 1. The minimum atomic E-state index is -0.446. The summed E-state index contributed by atoms with van der Waals surface area (Å²) in [5.74, 6) is 1.62. The lowest BCUT2D eigenvalue weighted by Crippen LogP contribution is -2.20. The molecule has 0 bridgehead atoms. The third-order valence-corrected chi connectivity index (χ3v) is 6.61. The van der Waals surface area contributed by atoms with Crippen molar-refractivity contribution >= 4 is 17.3 Å². The van der Waals surface area contributed by atoms with E-state index >= 15 is 0 Å². The molecule has 3 aromatic rings. The van der Waals surface area contributed by atoms with Crippen molar-refractivity contribution in [1.29, 1.82) is 0 Å². The first kappa shape index (κ1) is 25.8. The predicted molar refractivity (Wildman–Crippen MR) is 136 cm³/mol. The van der Waals surface area contributed by atoms with Crippen LogP contribution < -0.4 is 4.74 Å². The van der Waals surface area contributed by atoms with Gasteiger partial charge in [-0.1, -0.05) is 38.1 Å². The molecule has 0 aliphatic rings. The van der Waals surface area contributed by atoms with Gasteiger partial charge in [-0.15, -0.1) is 0 Å². The summed E-state index contributed by atoms with van der Waals surface area (Å²) >= 11 is 1.56. The van der Waals surface area contributed by atoms with Crippen molar-refractivity contribution < 1.29 is 24.1 Å². The highest BCUT2D eigenvalue weighted by atomic mass is 32.1. The summed E-state index contributed by atoms with van der Waals surface area (Å²) in [6.07, 6.45) is 1.92. The van der Waals surface area contributed by atoms with E-state index in [9.17, 15) is 9.90 Å². The Bertz CT molecular complexity index is 983. The van der Waals surface area contributed by atoms with Gasteiger partial charge in [0.15, 0.2) is 6.29 Å². The quantitative estimate of drug-likeness (QED) is 0.167. The zero-order chi connectivity index (χ0) is 24.3. The molecule has 5 nitrogen and oxygen atoms in total. The highest BCUT2D eigenvalue weighted by molar-refractivity contribution is 7.08. The summed E-state index contributed by atoms with van der Waals surface area (Å²) in [7, 11) is 0. The highest BCUT2D eigenvalue weighted by Gasteiger charge is 2.16. The fourth-order valence-electron chi connectivity index (χ4n) is 3.93. The Labute approximate surface area is 206 Å². The number of esters is 1. The van der Waals surface area contributed by atoms with E-state index in [4.69, 9.17) is 14.2 Å². The number of phenolic OH excluding ortho intramolecular Hbond substituents is 1. The van der Waals surface area contributed by atoms with Crippen LogP contribution in [-0.2, 0) is 20.7 Å². The zero-order valence-corrected chi connectivity index (χ0v) is 20.9. The summed E-state index contributed by atoms with van der Waals surface area (Å²) in [5, 5.41) is 13.4. The molecule has 34 heavy (non-hydrogen) atoms. The van der Waals surface area contributed by atoms with E-state index in [1.54, 1.807) is 23.5 Å². The normalized spacial score (nSPS) is 13.7. The second-order valence-electron chi connectivity index (χ2n) is 8.49. The molecular weight excluding hydrogens is 448 g/mol. The molecule has 1 heterocycles. The van der Waals surface area contributed by atoms with E-state index in [0.717, 1.165) is 24.2 Å². The van der Waals surface area contributed by atoms with Gasteiger partial charge >= 0.3 is 5.97 Å². The molecule has 3 rings (SSSR count). The molecule has 1 N–H and O–H groups in total. The van der Waals surface area contributed by atoms with Crippen molar-refractivity contribution in [3.63, 3.8) is 0 Å². The molecular formula is C28H34O5S. The van der Waals surface area contributed by atoms with Gasteiger partial charge < -0.3 is 19.3 Å². The van der Waals surface area contributed by atoms with Gasteiger partial charge in [-0.3, -0.25) is 4.79 Å². The molecule has 3 unspecified atom stereocenters. The summed E-state index contributed by atoms with van der Waals surface area (Å²) < 4.78 is 16.7. The van der Waals surface area contributed by atoms with Crippen molar-refractivity contribution in [3.05, 3.63) is 82.0 Å². The minimum Gasteiger partial charge on any atom is -0.508 e. The lowest BCUT2D eigenvalue weighted by molar-refractivity contribution is -0.147. The average molecular weight is 483 g/mol. The lowest BCUT2D eigenvalue weighted by atomic mass is 9.84. The van der Waals surface area contributed by atoms with Crippen LogP contribution in [0.4, 0.5) is 0 Å². The van der Waals surface area contributed by atoms with Crippen LogP contribution in [0.2, 0.25) is 0 Å². The molecule has 3 atom stereocenters. The number of carbonyl (C=O) groups is 1. The first-order valence-electron chi connectivity index (χ1n) is 11.8. The van der Waals surface area contributed by atoms with Gasteiger partial charge in [0.2, 0.25) is 0 Å². The number of phenols is 1. The Morgan fingerprint density at radius 1 is 0.971 bits per heavy atom. The maximum atomic E-state index is 11.8. The molecule has 0 saturated carbocycles. The monoisotopic (exact) mass is 482 g/mol. The van der Waals surface area contributed by atoms with Gasteiger partial charge in [0.05, 0.1) is 13.0 Å². The Morgan fingerprint density at radius 2 is 1.68 bits per heavy atom. The fraction of sp³-hybridized carbons (Fsp3) is 0.393. The fourth-order valence-corrected chi connectivity index (χ4v) is 4.60. The molecule has 0 spiro atoms. The molecule has 0 saturated heterocycles. The topological polar surface area (TPSA) is 65.0 Å². The van der Waals surface area contributed by atoms with Crippen molar-refractivity contribution in [2.24, 2.45) is 0 Å². The van der Waals surface area contributed by atoms with E-state index in [1.807, 2.05) is 48.0 Å². The Kier molecular flexibility index (Phi) is 9.98. The predicted octanol–water partition coefficient (Wildman–Crippen LogP) is 6.67. The van der Waals surface area contributed by atoms with Crippen LogP contribution in [0, 0.1) is 0 Å². The smallest absolute Gasteiger partial charge is 0.310 e. The molecule has 0 aliphatic heterocycles. The summed E-state index contributed by atoms with van der Waals surface area (Å²) in [6.45, 7) is 6.75. The average Bonchev–Trinajstić information content (AvgIpc) is 3.34. The largest absolute Gasteiger partial charge is 0.508 e. The third kappa shape index (κ3) is 8.19. The standard InChI is InChI=1S/C28H34O5S/c1-4-23(17-20(2)24-5-9-26(29)10-6-24)25-7-11-27(12-8-25)33-21(3)31-14-15-32-28(30)18-22-13-16-34-19-22/h5-13,16,19-21,23,29H,4,14-15,17-18H2,1-3H3. The van der Waals surface area contributed by atoms with Crippen molar-refractivity contribution in [2.45, 2.75) is 58.2 Å². The van der Waals surface area contributed by atoms with E-state index in [-0.39, 0.29) is 25.6 Å². The molecule has 182 valence electrons. The summed E-state index contributed by atoms with van der Waals surface area (Å²) in [4.78, 5) is 11.8. The molecule has 6 heteroatoms. The van der Waals surface area contributed by atoms with Crippen LogP contribution in [0.5, 0.6) is 11.5 Å². The van der Waals surface area contributed by atoms with Gasteiger partial charge in [-0.2, -0.15) is 11.3 Å². The Balaban J connectivity index is 1.41. The first-order chi connectivity index (χ1) is 16.4. The molecule has 0 amide bonds. The van der Waals surface area contributed by atoms with Crippen molar-refractivity contribution in [2.75, 3.05) is 13.2 Å². The van der Waals surface area contributed by atoms with Crippen LogP contribution >= 0.6 is 11.3 Å². The van der Waals surface area contributed by atoms with E-state index in [1.165, 1.54) is 11.1 Å². The van der Waals surface area contributed by atoms with Gasteiger partial charge in [0.25, 0.3) is 0 Å². The summed E-state index contributed by atoms with van der Waals surface area (Å²) in [5.41, 5.74) is 3.49. The maximum Gasteiger partial charge on any atom is 0.310 e. The zero-order valence-electron chi connectivity index (χ0n) is 20.1. The Hall–Kier alpha value is -2.83. The van der Waals surface area contributed by atoms with E-state index in [0.29, 0.717) is 17.6 Å². The van der Waals surface area contributed by atoms with E-state index < -0.39 is 6.29 Å². The van der Waals surface area contributed by atoms with Gasteiger partial charge in [-0.05, 0) is 89.4 Å². The minimum absolute atomic E-state index is 0.201. The van der Waals surface area contributed by atoms with Gasteiger partial charge in [-0.25, -0.2) is 0 Å². The van der Waals surface area contributed by atoms with Crippen LogP contribution in [0.15, 0.2) is 65.4 Å². The number of rotatable bonds is 13. The maximum absolute atomic E-state index is 11.8. The molecule has 2 aromatic carbocycles. The number of ether oxygens (including phenoxy) is 3. The molecule has 1 aromatic heterocycles. The lowest BCUT2D eigenvalue weighted by Gasteiger charge is -2.21. The van der Waals surface area contributed by atoms with Crippen LogP contribution in [0.25, 0.3) is 0 Å². The van der Waals surface area contributed by atoms with Crippen molar-refractivity contribution in [1.82, 2.24) is 0 Å². The SMILES string of the molecule is CCC(CC(C)c1ccc(O)cc1)c1ccc(OC(C)OCCOC(=O)Cc2ccsc2)cc1. The third-order valence-electron chi connectivity index (χ3n) is 5.87.